The van der Waals surface area contributed by atoms with E-state index in [9.17, 15) is 4.79 Å². The lowest BCUT2D eigenvalue weighted by Gasteiger charge is -2.40. The summed E-state index contributed by atoms with van der Waals surface area (Å²) in [5.41, 5.74) is 0. The van der Waals surface area contributed by atoms with E-state index in [0.29, 0.717) is 19.1 Å². The Bertz CT molecular complexity index is 300. The average Bonchev–Trinajstić information content (AvgIpc) is 2.46. The molecule has 19 heavy (non-hydrogen) atoms. The Morgan fingerprint density at radius 2 is 2.00 bits per heavy atom. The number of amides is 1. The summed E-state index contributed by atoms with van der Waals surface area (Å²) in [7, 11) is 0. The molecule has 0 bridgehead atoms. The molecule has 2 aliphatic heterocycles. The van der Waals surface area contributed by atoms with Gasteiger partial charge in [-0.1, -0.05) is 12.5 Å². The number of hydrogen-bond donors (Lipinski definition) is 1. The van der Waals surface area contributed by atoms with Crippen LogP contribution in [0, 0.1) is 0 Å². The van der Waals surface area contributed by atoms with Gasteiger partial charge in [-0.3, -0.25) is 14.6 Å². The van der Waals surface area contributed by atoms with E-state index in [1.807, 2.05) is 0 Å². The van der Waals surface area contributed by atoms with Crippen LogP contribution in [0.1, 0.15) is 32.1 Å². The molecule has 108 valence electrons. The van der Waals surface area contributed by atoms with Crippen molar-refractivity contribution in [2.45, 2.75) is 38.1 Å². The van der Waals surface area contributed by atoms with Crippen molar-refractivity contribution in [2.24, 2.45) is 0 Å². The molecule has 2 heterocycles. The molecular weight excluding hydrogens is 238 g/mol. The third-order valence-corrected chi connectivity index (χ3v) is 4.20. The van der Waals surface area contributed by atoms with Crippen LogP contribution < -0.4 is 5.32 Å². The lowest BCUT2D eigenvalue weighted by Crippen LogP contribution is -2.51. The van der Waals surface area contributed by atoms with Crippen LogP contribution in [0.3, 0.4) is 0 Å². The second-order valence-corrected chi connectivity index (χ2v) is 5.72. The molecule has 0 spiro atoms. The largest absolute Gasteiger partial charge is 0.352 e. The Morgan fingerprint density at radius 1 is 1.21 bits per heavy atom. The molecule has 0 aliphatic carbocycles. The minimum atomic E-state index is 0.124. The van der Waals surface area contributed by atoms with E-state index in [4.69, 9.17) is 0 Å². The second kappa shape index (κ2) is 7.65. The standard InChI is InChI=1S/C15H27N3O/c1-2-8-16-15(19)13-17-9-6-7-14(12-17)18-10-4-3-5-11-18/h2,14H,1,3-13H2,(H,16,19)/t14-/m1/s1. The van der Waals surface area contributed by atoms with E-state index in [1.54, 1.807) is 6.08 Å². The van der Waals surface area contributed by atoms with Crippen molar-refractivity contribution < 1.29 is 4.79 Å². The number of nitrogens with zero attached hydrogens (tertiary/aromatic N) is 2. The van der Waals surface area contributed by atoms with Gasteiger partial charge in [-0.15, -0.1) is 6.58 Å². The first-order chi connectivity index (χ1) is 9.29. The number of likely N-dealkylation sites (tertiary alicyclic amines) is 2. The number of carbonyl (C=O) groups excluding carboxylic acids is 1. The highest BCUT2D eigenvalue weighted by Crippen LogP contribution is 2.19. The zero-order valence-corrected chi connectivity index (χ0v) is 11.9. The minimum absolute atomic E-state index is 0.124. The summed E-state index contributed by atoms with van der Waals surface area (Å²) in [4.78, 5) is 16.7. The maximum atomic E-state index is 11.7. The summed E-state index contributed by atoms with van der Waals surface area (Å²) in [6.07, 6.45) is 8.31. The van der Waals surface area contributed by atoms with Gasteiger partial charge >= 0.3 is 0 Å². The number of rotatable bonds is 5. The average molecular weight is 265 g/mol. The van der Waals surface area contributed by atoms with E-state index in [1.165, 1.54) is 45.2 Å². The van der Waals surface area contributed by atoms with Crippen LogP contribution in [0.25, 0.3) is 0 Å². The molecule has 4 nitrogen and oxygen atoms in total. The number of carbonyl (C=O) groups is 1. The highest BCUT2D eigenvalue weighted by molar-refractivity contribution is 5.78. The Kier molecular flexibility index (Phi) is 5.86. The molecule has 2 aliphatic rings. The molecule has 0 saturated carbocycles. The molecule has 2 fully saturated rings. The molecule has 0 aromatic rings. The molecule has 1 N–H and O–H groups in total. The van der Waals surface area contributed by atoms with Crippen LogP contribution in [0.5, 0.6) is 0 Å². The van der Waals surface area contributed by atoms with Crippen molar-refractivity contribution in [3.05, 3.63) is 12.7 Å². The third-order valence-electron chi connectivity index (χ3n) is 4.20. The molecule has 2 saturated heterocycles. The topological polar surface area (TPSA) is 35.6 Å². The molecular formula is C15H27N3O. The summed E-state index contributed by atoms with van der Waals surface area (Å²) in [6.45, 7) is 9.35. The van der Waals surface area contributed by atoms with Crippen molar-refractivity contribution in [3.63, 3.8) is 0 Å². The van der Waals surface area contributed by atoms with Gasteiger partial charge in [0.25, 0.3) is 0 Å². The summed E-state index contributed by atoms with van der Waals surface area (Å²) in [5, 5.41) is 2.86. The lowest BCUT2D eigenvalue weighted by atomic mass is 10.0. The first-order valence-electron chi connectivity index (χ1n) is 7.63. The fourth-order valence-corrected chi connectivity index (χ4v) is 3.20. The van der Waals surface area contributed by atoms with Crippen LogP contribution in [0.4, 0.5) is 0 Å². The number of nitrogens with one attached hydrogen (secondary N) is 1. The van der Waals surface area contributed by atoms with Crippen LogP contribution in [0.15, 0.2) is 12.7 Å². The van der Waals surface area contributed by atoms with Gasteiger partial charge < -0.3 is 5.32 Å². The molecule has 1 atom stereocenters. The SMILES string of the molecule is C=CCNC(=O)CN1CCC[C@@H](N2CCCCC2)C1. The van der Waals surface area contributed by atoms with Gasteiger partial charge in [-0.25, -0.2) is 0 Å². The van der Waals surface area contributed by atoms with E-state index >= 15 is 0 Å². The number of hydrogen-bond acceptors (Lipinski definition) is 3. The molecule has 1 amide bonds. The first kappa shape index (κ1) is 14.5. The highest BCUT2D eigenvalue weighted by atomic mass is 16.2. The lowest BCUT2D eigenvalue weighted by molar-refractivity contribution is -0.122. The van der Waals surface area contributed by atoms with Gasteiger partial charge in [-0.2, -0.15) is 0 Å². The van der Waals surface area contributed by atoms with Gasteiger partial charge in [-0.05, 0) is 45.3 Å². The third kappa shape index (κ3) is 4.62. The zero-order valence-electron chi connectivity index (χ0n) is 11.9. The monoisotopic (exact) mass is 265 g/mol. The van der Waals surface area contributed by atoms with Gasteiger partial charge in [0.2, 0.25) is 5.91 Å². The minimum Gasteiger partial charge on any atom is -0.352 e. The van der Waals surface area contributed by atoms with Crippen molar-refractivity contribution in [1.29, 1.82) is 0 Å². The molecule has 0 radical (unpaired) electrons. The smallest absolute Gasteiger partial charge is 0.234 e. The maximum absolute atomic E-state index is 11.7. The van der Waals surface area contributed by atoms with Crippen LogP contribution in [-0.4, -0.2) is 61.0 Å². The summed E-state index contributed by atoms with van der Waals surface area (Å²) < 4.78 is 0. The van der Waals surface area contributed by atoms with E-state index in [-0.39, 0.29) is 5.91 Å². The van der Waals surface area contributed by atoms with Gasteiger partial charge in [0.1, 0.15) is 0 Å². The van der Waals surface area contributed by atoms with Crippen LogP contribution in [0.2, 0.25) is 0 Å². The van der Waals surface area contributed by atoms with Crippen LogP contribution in [-0.2, 0) is 4.79 Å². The predicted molar refractivity (Wildman–Crippen MR) is 78.1 cm³/mol. The number of piperidine rings is 2. The second-order valence-electron chi connectivity index (χ2n) is 5.72. The predicted octanol–water partition coefficient (Wildman–Crippen LogP) is 1.24. The maximum Gasteiger partial charge on any atom is 0.234 e. The van der Waals surface area contributed by atoms with Gasteiger partial charge in [0, 0.05) is 19.1 Å². The van der Waals surface area contributed by atoms with Gasteiger partial charge in [0.15, 0.2) is 0 Å². The van der Waals surface area contributed by atoms with Crippen molar-refractivity contribution in [2.75, 3.05) is 39.3 Å². The fourth-order valence-electron chi connectivity index (χ4n) is 3.20. The Labute approximate surface area is 116 Å². The Hall–Kier alpha value is -0.870. The van der Waals surface area contributed by atoms with E-state index in [0.717, 1.165) is 13.1 Å². The van der Waals surface area contributed by atoms with Crippen molar-refractivity contribution in [1.82, 2.24) is 15.1 Å². The van der Waals surface area contributed by atoms with E-state index < -0.39 is 0 Å². The summed E-state index contributed by atoms with van der Waals surface area (Å²) in [5.74, 6) is 0.124. The van der Waals surface area contributed by atoms with Gasteiger partial charge in [0.05, 0.1) is 6.54 Å². The molecule has 0 aromatic heterocycles. The van der Waals surface area contributed by atoms with Crippen molar-refractivity contribution >= 4 is 5.91 Å². The van der Waals surface area contributed by atoms with Crippen LogP contribution >= 0.6 is 0 Å². The van der Waals surface area contributed by atoms with Crippen molar-refractivity contribution in [3.8, 4) is 0 Å². The van der Waals surface area contributed by atoms with E-state index in [2.05, 4.69) is 21.7 Å². The quantitative estimate of drug-likeness (QED) is 0.760. The fraction of sp³-hybridized carbons (Fsp3) is 0.800. The Morgan fingerprint density at radius 3 is 2.74 bits per heavy atom. The summed E-state index contributed by atoms with van der Waals surface area (Å²) >= 11 is 0. The molecule has 0 unspecified atom stereocenters. The molecule has 0 aromatic carbocycles. The normalized spacial score (nSPS) is 26.0. The Balaban J connectivity index is 1.76. The highest BCUT2D eigenvalue weighted by Gasteiger charge is 2.26. The first-order valence-corrected chi connectivity index (χ1v) is 7.63. The molecule has 2 rings (SSSR count). The molecule has 4 heteroatoms. The zero-order chi connectivity index (χ0) is 13.5. The summed E-state index contributed by atoms with van der Waals surface area (Å²) in [6, 6.07) is 0.668.